The first-order valence-electron chi connectivity index (χ1n) is 7.71. The maximum absolute atomic E-state index is 12.6. The number of aromatic nitrogens is 1. The number of para-hydroxylation sites is 1. The Morgan fingerprint density at radius 2 is 1.85 bits per heavy atom. The highest BCUT2D eigenvalue weighted by Crippen LogP contribution is 2.30. The number of hydrogen-bond acceptors (Lipinski definition) is 4. The molecule has 0 unspecified atom stereocenters. The molecular formula is C18H15F3N2OS2. The lowest BCUT2D eigenvalue weighted by molar-refractivity contribution is -0.137. The van der Waals surface area contributed by atoms with Crippen LogP contribution in [0.25, 0.3) is 10.2 Å². The van der Waals surface area contributed by atoms with Crippen LogP contribution < -0.4 is 0 Å². The van der Waals surface area contributed by atoms with Crippen LogP contribution in [0.3, 0.4) is 0 Å². The Balaban J connectivity index is 1.55. The lowest BCUT2D eigenvalue weighted by Crippen LogP contribution is -2.27. The topological polar surface area (TPSA) is 33.2 Å². The molecule has 0 N–H and O–H groups in total. The number of fused-ring (bicyclic) bond motifs is 1. The minimum absolute atomic E-state index is 0.103. The maximum Gasteiger partial charge on any atom is 0.416 e. The van der Waals surface area contributed by atoms with Gasteiger partial charge in [0, 0.05) is 13.6 Å². The molecule has 1 amide bonds. The third kappa shape index (κ3) is 4.56. The van der Waals surface area contributed by atoms with Crippen molar-refractivity contribution in [2.45, 2.75) is 17.1 Å². The van der Waals surface area contributed by atoms with E-state index in [-0.39, 0.29) is 18.2 Å². The van der Waals surface area contributed by atoms with Crippen molar-refractivity contribution < 1.29 is 18.0 Å². The summed E-state index contributed by atoms with van der Waals surface area (Å²) >= 11 is 2.90. The van der Waals surface area contributed by atoms with Crippen molar-refractivity contribution in [2.24, 2.45) is 0 Å². The van der Waals surface area contributed by atoms with Gasteiger partial charge >= 0.3 is 6.18 Å². The third-order valence-electron chi connectivity index (χ3n) is 3.72. The number of halogens is 3. The number of thiazole rings is 1. The van der Waals surface area contributed by atoms with Gasteiger partial charge in [-0.3, -0.25) is 4.79 Å². The van der Waals surface area contributed by atoms with Crippen LogP contribution in [0, 0.1) is 0 Å². The van der Waals surface area contributed by atoms with E-state index in [2.05, 4.69) is 4.98 Å². The second kappa shape index (κ2) is 7.67. The van der Waals surface area contributed by atoms with E-state index in [9.17, 15) is 18.0 Å². The summed E-state index contributed by atoms with van der Waals surface area (Å²) in [7, 11) is 1.64. The van der Waals surface area contributed by atoms with Crippen molar-refractivity contribution in [2.75, 3.05) is 12.8 Å². The third-order valence-corrected chi connectivity index (χ3v) is 5.88. The number of thioether (sulfide) groups is 1. The van der Waals surface area contributed by atoms with Crippen molar-refractivity contribution in [3.05, 3.63) is 59.7 Å². The number of nitrogens with zero attached hydrogens (tertiary/aromatic N) is 2. The first-order valence-corrected chi connectivity index (χ1v) is 9.51. The monoisotopic (exact) mass is 396 g/mol. The Kier molecular flexibility index (Phi) is 5.52. The maximum atomic E-state index is 12.6. The number of rotatable bonds is 5. The molecule has 0 radical (unpaired) electrons. The number of benzene rings is 2. The van der Waals surface area contributed by atoms with Crippen molar-refractivity contribution in [3.63, 3.8) is 0 Å². The van der Waals surface area contributed by atoms with Crippen LogP contribution in [0.4, 0.5) is 13.2 Å². The SMILES string of the molecule is CN(Cc1ccc(C(F)(F)F)cc1)C(=O)CSc1nc2ccccc2s1. The fourth-order valence-electron chi connectivity index (χ4n) is 2.31. The Morgan fingerprint density at radius 3 is 2.50 bits per heavy atom. The van der Waals surface area contributed by atoms with E-state index in [1.807, 2.05) is 24.3 Å². The summed E-state index contributed by atoms with van der Waals surface area (Å²) in [4.78, 5) is 18.2. The van der Waals surface area contributed by atoms with Gasteiger partial charge in [0.25, 0.3) is 0 Å². The minimum Gasteiger partial charge on any atom is -0.341 e. The van der Waals surface area contributed by atoms with Crippen molar-refractivity contribution >= 4 is 39.2 Å². The molecule has 26 heavy (non-hydrogen) atoms. The molecule has 0 aliphatic carbocycles. The molecule has 3 nitrogen and oxygen atoms in total. The number of alkyl halides is 3. The van der Waals surface area contributed by atoms with E-state index >= 15 is 0 Å². The molecule has 3 aromatic rings. The quantitative estimate of drug-likeness (QED) is 0.565. The van der Waals surface area contributed by atoms with Crippen LogP contribution in [-0.4, -0.2) is 28.6 Å². The Bertz CT molecular complexity index is 874. The summed E-state index contributed by atoms with van der Waals surface area (Å²) in [5.74, 6) is 0.130. The van der Waals surface area contributed by atoms with Crippen molar-refractivity contribution in [3.8, 4) is 0 Å². The van der Waals surface area contributed by atoms with Gasteiger partial charge in [-0.2, -0.15) is 13.2 Å². The fourth-order valence-corrected chi connectivity index (χ4v) is 4.32. The zero-order chi connectivity index (χ0) is 18.7. The molecule has 0 saturated heterocycles. The van der Waals surface area contributed by atoms with Gasteiger partial charge < -0.3 is 4.90 Å². The van der Waals surface area contributed by atoms with Crippen LogP contribution in [0.15, 0.2) is 52.9 Å². The summed E-state index contributed by atoms with van der Waals surface area (Å²) in [5, 5.41) is 0. The lowest BCUT2D eigenvalue weighted by atomic mass is 10.1. The van der Waals surface area contributed by atoms with Gasteiger partial charge in [-0.05, 0) is 29.8 Å². The predicted octanol–water partition coefficient (Wildman–Crippen LogP) is 5.07. The molecule has 1 heterocycles. The molecule has 8 heteroatoms. The summed E-state index contributed by atoms with van der Waals surface area (Å²) < 4.78 is 39.6. The van der Waals surface area contributed by atoms with E-state index in [1.165, 1.54) is 40.1 Å². The van der Waals surface area contributed by atoms with Crippen LogP contribution in [0.5, 0.6) is 0 Å². The molecule has 1 aromatic heterocycles. The van der Waals surface area contributed by atoms with Crippen molar-refractivity contribution in [1.29, 1.82) is 0 Å². The highest BCUT2D eigenvalue weighted by molar-refractivity contribution is 8.01. The average molecular weight is 396 g/mol. The molecule has 0 fully saturated rings. The molecule has 0 aliphatic heterocycles. The average Bonchev–Trinajstić information content (AvgIpc) is 3.02. The standard InChI is InChI=1S/C18H15F3N2OS2/c1-23(10-12-6-8-13(9-7-12)18(19,20)21)16(24)11-25-17-22-14-4-2-3-5-15(14)26-17/h2-9H,10-11H2,1H3. The Hall–Kier alpha value is -2.06. The molecule has 3 rings (SSSR count). The van der Waals surface area contributed by atoms with Gasteiger partial charge in [0.2, 0.25) is 5.91 Å². The fraction of sp³-hybridized carbons (Fsp3) is 0.222. The molecular weight excluding hydrogens is 381 g/mol. The van der Waals surface area contributed by atoms with Gasteiger partial charge in [-0.1, -0.05) is 36.0 Å². The van der Waals surface area contributed by atoms with Crippen LogP contribution in [-0.2, 0) is 17.5 Å². The molecule has 0 saturated carbocycles. The lowest BCUT2D eigenvalue weighted by Gasteiger charge is -2.17. The van der Waals surface area contributed by atoms with E-state index < -0.39 is 11.7 Å². The highest BCUT2D eigenvalue weighted by atomic mass is 32.2. The van der Waals surface area contributed by atoms with Gasteiger partial charge in [0.15, 0.2) is 4.34 Å². The normalized spacial score (nSPS) is 11.7. The second-order valence-corrected chi connectivity index (χ2v) is 7.93. The smallest absolute Gasteiger partial charge is 0.341 e. The molecule has 136 valence electrons. The van der Waals surface area contributed by atoms with Gasteiger partial charge in [0.05, 0.1) is 21.5 Å². The second-order valence-electron chi connectivity index (χ2n) is 5.68. The summed E-state index contributed by atoms with van der Waals surface area (Å²) in [5.41, 5.74) is 0.867. The zero-order valence-electron chi connectivity index (χ0n) is 13.8. The van der Waals surface area contributed by atoms with Crippen LogP contribution in [0.2, 0.25) is 0 Å². The van der Waals surface area contributed by atoms with Gasteiger partial charge in [-0.15, -0.1) is 11.3 Å². The van der Waals surface area contributed by atoms with Gasteiger partial charge in [0.1, 0.15) is 0 Å². The largest absolute Gasteiger partial charge is 0.416 e. The molecule has 0 spiro atoms. The number of carbonyl (C=O) groups is 1. The molecule has 0 aliphatic rings. The number of hydrogen-bond donors (Lipinski definition) is 0. The zero-order valence-corrected chi connectivity index (χ0v) is 15.4. The van der Waals surface area contributed by atoms with Gasteiger partial charge in [-0.25, -0.2) is 4.98 Å². The minimum atomic E-state index is -4.35. The van der Waals surface area contributed by atoms with Crippen LogP contribution in [0.1, 0.15) is 11.1 Å². The highest BCUT2D eigenvalue weighted by Gasteiger charge is 2.30. The van der Waals surface area contributed by atoms with Crippen molar-refractivity contribution in [1.82, 2.24) is 9.88 Å². The Morgan fingerprint density at radius 1 is 1.15 bits per heavy atom. The molecule has 2 aromatic carbocycles. The van der Waals surface area contributed by atoms with E-state index in [0.29, 0.717) is 5.56 Å². The summed E-state index contributed by atoms with van der Waals surface area (Å²) in [6.45, 7) is 0.261. The summed E-state index contributed by atoms with van der Waals surface area (Å²) in [6, 6.07) is 12.6. The first kappa shape index (κ1) is 18.7. The number of amides is 1. The predicted molar refractivity (Wildman–Crippen MR) is 98.3 cm³/mol. The Labute approximate surface area is 156 Å². The molecule has 0 bridgehead atoms. The summed E-state index contributed by atoms with van der Waals surface area (Å²) in [6.07, 6.45) is -4.35. The molecule has 0 atom stereocenters. The van der Waals surface area contributed by atoms with E-state index in [0.717, 1.165) is 26.7 Å². The van der Waals surface area contributed by atoms with Crippen LogP contribution >= 0.6 is 23.1 Å². The first-order chi connectivity index (χ1) is 12.3. The van der Waals surface area contributed by atoms with E-state index in [1.54, 1.807) is 7.05 Å². The number of carbonyl (C=O) groups excluding carboxylic acids is 1. The van der Waals surface area contributed by atoms with E-state index in [4.69, 9.17) is 0 Å².